The van der Waals surface area contributed by atoms with Crippen molar-refractivity contribution < 1.29 is 19.1 Å². The maximum absolute atomic E-state index is 11.9. The van der Waals surface area contributed by atoms with Crippen LogP contribution in [0.15, 0.2) is 59.4 Å². The number of hydrogen-bond donors (Lipinski definition) is 1. The molecule has 0 bridgehead atoms. The van der Waals surface area contributed by atoms with Gasteiger partial charge in [-0.05, 0) is 30.1 Å². The molecule has 2 unspecified atom stereocenters. The third kappa shape index (κ3) is 7.23. The third-order valence-corrected chi connectivity index (χ3v) is 5.22. The molecule has 6 heteroatoms. The molecule has 27 heavy (non-hydrogen) atoms. The fourth-order valence-corrected chi connectivity index (χ4v) is 3.55. The highest BCUT2D eigenvalue weighted by molar-refractivity contribution is 8.13. The maximum Gasteiger partial charge on any atom is 0.233 e. The second kappa shape index (κ2) is 11.6. The first-order valence-corrected chi connectivity index (χ1v) is 10.00. The standard InChI is InChI=1S/C21H27NO4S/c1-22-21(24)20(27-15-23)14-16-5-3-7-18(10-9-16)26-12-11-17-6-4-8-19(13-17)25-2/h3-6,9-10,13,15,19-20H,7-8,11-12,14H2,1-2H3,(H,22,24). The Kier molecular flexibility index (Phi) is 9.15. The molecule has 1 amide bonds. The zero-order valence-corrected chi connectivity index (χ0v) is 16.7. The van der Waals surface area contributed by atoms with Crippen molar-refractivity contribution in [3.05, 3.63) is 59.4 Å². The Bertz CT molecular complexity index is 676. The van der Waals surface area contributed by atoms with Crippen LogP contribution < -0.4 is 5.32 Å². The van der Waals surface area contributed by atoms with Crippen LogP contribution in [0.5, 0.6) is 0 Å². The zero-order chi connectivity index (χ0) is 19.5. The highest BCUT2D eigenvalue weighted by Gasteiger charge is 2.18. The summed E-state index contributed by atoms with van der Waals surface area (Å²) in [5.41, 5.74) is 2.94. The molecule has 5 nitrogen and oxygen atoms in total. The number of allylic oxidation sites excluding steroid dienone is 6. The van der Waals surface area contributed by atoms with Crippen molar-refractivity contribution in [3.8, 4) is 0 Å². The van der Waals surface area contributed by atoms with Crippen molar-refractivity contribution in [3.63, 3.8) is 0 Å². The fraction of sp³-hybridized carbons (Fsp3) is 0.429. The lowest BCUT2D eigenvalue weighted by atomic mass is 10.0. The lowest BCUT2D eigenvalue weighted by molar-refractivity contribution is -0.120. The van der Waals surface area contributed by atoms with Crippen molar-refractivity contribution in [2.75, 3.05) is 20.8 Å². The van der Waals surface area contributed by atoms with Gasteiger partial charge in [0.1, 0.15) is 0 Å². The number of ether oxygens (including phenoxy) is 2. The Hall–Kier alpha value is -2.05. The van der Waals surface area contributed by atoms with Crippen molar-refractivity contribution in [2.24, 2.45) is 0 Å². The van der Waals surface area contributed by atoms with Gasteiger partial charge in [-0.3, -0.25) is 9.59 Å². The average molecular weight is 390 g/mol. The lowest BCUT2D eigenvalue weighted by Crippen LogP contribution is -2.29. The molecular weight excluding hydrogens is 362 g/mol. The van der Waals surface area contributed by atoms with Crippen molar-refractivity contribution >= 4 is 23.3 Å². The normalized spacial score (nSPS) is 20.1. The monoisotopic (exact) mass is 389 g/mol. The van der Waals surface area contributed by atoms with Gasteiger partial charge in [-0.25, -0.2) is 0 Å². The molecule has 0 saturated heterocycles. The second-order valence-electron chi connectivity index (χ2n) is 6.27. The van der Waals surface area contributed by atoms with Crippen LogP contribution in [0, 0.1) is 0 Å². The van der Waals surface area contributed by atoms with E-state index in [-0.39, 0.29) is 12.0 Å². The minimum absolute atomic E-state index is 0.144. The van der Waals surface area contributed by atoms with Gasteiger partial charge in [0.05, 0.1) is 23.7 Å². The molecule has 1 N–H and O–H groups in total. The molecular formula is C21H27NO4S. The van der Waals surface area contributed by atoms with Gasteiger partial charge < -0.3 is 14.8 Å². The average Bonchev–Trinajstić information content (AvgIpc) is 2.92. The minimum atomic E-state index is -0.418. The van der Waals surface area contributed by atoms with Crippen molar-refractivity contribution in [1.29, 1.82) is 0 Å². The Morgan fingerprint density at radius 1 is 1.33 bits per heavy atom. The van der Waals surface area contributed by atoms with E-state index >= 15 is 0 Å². The first-order valence-electron chi connectivity index (χ1n) is 9.06. The van der Waals surface area contributed by atoms with Crippen molar-refractivity contribution in [2.45, 2.75) is 37.0 Å². The van der Waals surface area contributed by atoms with Crippen LogP contribution in [-0.4, -0.2) is 43.6 Å². The number of methoxy groups -OCH3 is 1. The molecule has 0 aromatic heterocycles. The van der Waals surface area contributed by atoms with Crippen LogP contribution in [-0.2, 0) is 19.1 Å². The summed E-state index contributed by atoms with van der Waals surface area (Å²) >= 11 is 1.000. The molecule has 2 rings (SSSR count). The molecule has 0 radical (unpaired) electrons. The molecule has 0 heterocycles. The predicted molar refractivity (Wildman–Crippen MR) is 110 cm³/mol. The minimum Gasteiger partial charge on any atom is -0.497 e. The van der Waals surface area contributed by atoms with Crippen LogP contribution in [0.1, 0.15) is 25.7 Å². The van der Waals surface area contributed by atoms with Gasteiger partial charge >= 0.3 is 0 Å². The van der Waals surface area contributed by atoms with Gasteiger partial charge in [0, 0.05) is 27.0 Å². The smallest absolute Gasteiger partial charge is 0.233 e. The van der Waals surface area contributed by atoms with Crippen LogP contribution in [0.3, 0.4) is 0 Å². The molecule has 0 spiro atoms. The number of thioether (sulfide) groups is 1. The third-order valence-electron chi connectivity index (χ3n) is 4.40. The Balaban J connectivity index is 1.88. The zero-order valence-electron chi connectivity index (χ0n) is 15.9. The van der Waals surface area contributed by atoms with Gasteiger partial charge in [-0.15, -0.1) is 0 Å². The van der Waals surface area contributed by atoms with Gasteiger partial charge in [-0.2, -0.15) is 0 Å². The Labute approximate surface area is 165 Å². The molecule has 146 valence electrons. The maximum atomic E-state index is 11.9. The fourth-order valence-electron chi connectivity index (χ4n) is 2.88. The summed E-state index contributed by atoms with van der Waals surface area (Å²) in [6.45, 7) is 0.608. The molecule has 2 aliphatic rings. The summed E-state index contributed by atoms with van der Waals surface area (Å²) < 4.78 is 11.3. The summed E-state index contributed by atoms with van der Waals surface area (Å²) in [5, 5.41) is 2.18. The number of nitrogens with one attached hydrogen (secondary N) is 1. The summed E-state index contributed by atoms with van der Waals surface area (Å²) in [5.74, 6) is 0.749. The van der Waals surface area contributed by atoms with E-state index in [0.717, 1.165) is 35.9 Å². The first-order chi connectivity index (χ1) is 13.2. The number of carbonyl (C=O) groups excluding carboxylic acids is 2. The van der Waals surface area contributed by atoms with E-state index in [1.807, 2.05) is 24.3 Å². The van der Waals surface area contributed by atoms with E-state index in [9.17, 15) is 9.59 Å². The van der Waals surface area contributed by atoms with Crippen molar-refractivity contribution in [1.82, 2.24) is 5.32 Å². The number of hydrogen-bond acceptors (Lipinski definition) is 5. The molecule has 0 saturated carbocycles. The topological polar surface area (TPSA) is 64.6 Å². The number of carbonyl (C=O) groups is 2. The van der Waals surface area contributed by atoms with Crippen LogP contribution in [0.4, 0.5) is 0 Å². The van der Waals surface area contributed by atoms with Gasteiger partial charge in [0.25, 0.3) is 0 Å². The molecule has 0 aromatic carbocycles. The summed E-state index contributed by atoms with van der Waals surface area (Å²) in [7, 11) is 3.30. The van der Waals surface area contributed by atoms with Crippen LogP contribution in [0.25, 0.3) is 0 Å². The SMILES string of the molecule is CNC(=O)C(CC1=CC=C(OCCC2=CC(OC)CC=C2)CC=C1)SC=O. The van der Waals surface area contributed by atoms with Gasteiger partial charge in [-0.1, -0.05) is 48.2 Å². The quantitative estimate of drug-likeness (QED) is 0.580. The number of amides is 1. The van der Waals surface area contributed by atoms with E-state index in [1.165, 1.54) is 5.57 Å². The first kappa shape index (κ1) is 21.3. The van der Waals surface area contributed by atoms with Gasteiger partial charge in [0.15, 0.2) is 5.62 Å². The molecule has 2 atom stereocenters. The van der Waals surface area contributed by atoms with Gasteiger partial charge in [0.2, 0.25) is 5.91 Å². The van der Waals surface area contributed by atoms with Crippen LogP contribution >= 0.6 is 11.8 Å². The highest BCUT2D eigenvalue weighted by atomic mass is 32.2. The van der Waals surface area contributed by atoms with E-state index in [1.54, 1.807) is 14.2 Å². The van der Waals surface area contributed by atoms with E-state index in [4.69, 9.17) is 9.47 Å². The molecule has 0 aliphatic heterocycles. The van der Waals surface area contributed by atoms with E-state index in [0.29, 0.717) is 25.1 Å². The molecule has 0 fully saturated rings. The molecule has 0 aromatic rings. The second-order valence-corrected chi connectivity index (χ2v) is 7.31. The summed E-state index contributed by atoms with van der Waals surface area (Å²) in [6.07, 6.45) is 17.5. The predicted octanol–water partition coefficient (Wildman–Crippen LogP) is 3.49. The Morgan fingerprint density at radius 3 is 2.89 bits per heavy atom. The lowest BCUT2D eigenvalue weighted by Gasteiger charge is -2.15. The van der Waals surface area contributed by atoms with E-state index in [2.05, 4.69) is 23.5 Å². The Morgan fingerprint density at radius 2 is 2.15 bits per heavy atom. The highest BCUT2D eigenvalue weighted by Crippen LogP contribution is 2.22. The van der Waals surface area contributed by atoms with Crippen LogP contribution in [0.2, 0.25) is 0 Å². The summed E-state index contributed by atoms with van der Waals surface area (Å²) in [4.78, 5) is 22.6. The number of rotatable bonds is 10. The van der Waals surface area contributed by atoms with E-state index < -0.39 is 5.25 Å². The summed E-state index contributed by atoms with van der Waals surface area (Å²) in [6, 6.07) is 0. The largest absolute Gasteiger partial charge is 0.497 e. The molecule has 2 aliphatic carbocycles.